The molecule has 4 nitrogen and oxygen atoms in total. The third kappa shape index (κ3) is 2.73. The lowest BCUT2D eigenvalue weighted by Crippen LogP contribution is -2.30. The Balaban J connectivity index is 2.51. The van der Waals surface area contributed by atoms with Crippen LogP contribution in [0.3, 0.4) is 0 Å². The quantitative estimate of drug-likeness (QED) is 0.882. The van der Waals surface area contributed by atoms with Gasteiger partial charge in [0.2, 0.25) is 0 Å². The molecular weight excluding hydrogens is 296 g/mol. The van der Waals surface area contributed by atoms with Crippen LogP contribution < -0.4 is 10.0 Å². The lowest BCUT2D eigenvalue weighted by molar-refractivity contribution is 0.592. The first-order valence-corrected chi connectivity index (χ1v) is 7.91. The van der Waals surface area contributed by atoms with Gasteiger partial charge in [0.15, 0.2) is 0 Å². The van der Waals surface area contributed by atoms with Gasteiger partial charge in [-0.3, -0.25) is 4.31 Å². The molecule has 0 bridgehead atoms. The second kappa shape index (κ2) is 5.73. The van der Waals surface area contributed by atoms with Gasteiger partial charge in [0, 0.05) is 12.2 Å². The van der Waals surface area contributed by atoms with E-state index >= 15 is 0 Å². The summed E-state index contributed by atoms with van der Waals surface area (Å²) >= 11 is 6.00. The topological polar surface area (TPSA) is 63.4 Å². The molecule has 2 aromatic rings. The highest BCUT2D eigenvalue weighted by Crippen LogP contribution is 2.28. The average molecular weight is 311 g/mol. The average Bonchev–Trinajstić information content (AvgIpc) is 2.42. The van der Waals surface area contributed by atoms with Crippen LogP contribution in [0.4, 0.5) is 11.4 Å². The van der Waals surface area contributed by atoms with Gasteiger partial charge in [-0.2, -0.15) is 0 Å². The molecule has 0 fully saturated rings. The van der Waals surface area contributed by atoms with Gasteiger partial charge in [0.05, 0.1) is 10.7 Å². The second-order valence-corrected chi connectivity index (χ2v) is 6.43. The molecule has 0 aromatic heterocycles. The van der Waals surface area contributed by atoms with E-state index in [2.05, 4.69) is 0 Å². The molecule has 0 aliphatic carbocycles. The number of nitrogens with zero attached hydrogens (tertiary/aromatic N) is 1. The molecule has 0 aliphatic heterocycles. The van der Waals surface area contributed by atoms with Crippen LogP contribution in [0.25, 0.3) is 0 Å². The standard InChI is InChI=1S/C14H15ClN2O2S/c1-2-17(12-9-7-11(16)8-10-12)20(18,19)14-6-4-3-5-13(14)15/h3-10H,2,16H2,1H3. The molecule has 0 aliphatic rings. The van der Waals surface area contributed by atoms with Crippen LogP contribution in [0.1, 0.15) is 6.92 Å². The molecule has 0 spiro atoms. The van der Waals surface area contributed by atoms with Gasteiger partial charge in [0.25, 0.3) is 10.0 Å². The van der Waals surface area contributed by atoms with Gasteiger partial charge in [-0.1, -0.05) is 23.7 Å². The zero-order chi connectivity index (χ0) is 14.8. The van der Waals surface area contributed by atoms with E-state index < -0.39 is 10.0 Å². The summed E-state index contributed by atoms with van der Waals surface area (Å²) in [5.41, 5.74) is 6.76. The molecule has 0 unspecified atom stereocenters. The van der Waals surface area contributed by atoms with Crippen molar-refractivity contribution in [3.05, 3.63) is 53.6 Å². The summed E-state index contributed by atoms with van der Waals surface area (Å²) in [6.45, 7) is 2.07. The molecule has 106 valence electrons. The summed E-state index contributed by atoms with van der Waals surface area (Å²) in [6, 6.07) is 13.1. The van der Waals surface area contributed by atoms with Gasteiger partial charge >= 0.3 is 0 Å². The van der Waals surface area contributed by atoms with Crippen LogP contribution in [0.5, 0.6) is 0 Å². The van der Waals surface area contributed by atoms with E-state index in [-0.39, 0.29) is 9.92 Å². The first kappa shape index (κ1) is 14.7. The number of hydrogen-bond acceptors (Lipinski definition) is 3. The number of hydrogen-bond donors (Lipinski definition) is 1. The fraction of sp³-hybridized carbons (Fsp3) is 0.143. The number of nitrogen functional groups attached to an aromatic ring is 1. The summed E-state index contributed by atoms with van der Waals surface area (Å²) in [5, 5.41) is 0.210. The fourth-order valence-corrected chi connectivity index (χ4v) is 3.87. The Labute approximate surface area is 123 Å². The normalized spacial score (nSPS) is 11.3. The predicted octanol–water partition coefficient (Wildman–Crippen LogP) is 3.14. The summed E-state index contributed by atoms with van der Waals surface area (Å²) in [4.78, 5) is 0.0975. The van der Waals surface area contributed by atoms with Crippen molar-refractivity contribution in [2.24, 2.45) is 0 Å². The Kier molecular flexibility index (Phi) is 4.20. The Morgan fingerprint density at radius 2 is 1.70 bits per heavy atom. The van der Waals surface area contributed by atoms with Crippen molar-refractivity contribution < 1.29 is 8.42 Å². The summed E-state index contributed by atoms with van der Waals surface area (Å²) < 4.78 is 26.7. The van der Waals surface area contributed by atoms with Gasteiger partial charge in [-0.25, -0.2) is 8.42 Å². The van der Waals surface area contributed by atoms with Gasteiger partial charge in [-0.15, -0.1) is 0 Å². The van der Waals surface area contributed by atoms with Crippen molar-refractivity contribution >= 4 is 33.0 Å². The minimum absolute atomic E-state index is 0.0975. The smallest absolute Gasteiger partial charge is 0.265 e. The highest BCUT2D eigenvalue weighted by molar-refractivity contribution is 7.93. The van der Waals surface area contributed by atoms with Crippen LogP contribution in [-0.2, 0) is 10.0 Å². The van der Waals surface area contributed by atoms with E-state index in [1.54, 1.807) is 49.4 Å². The minimum Gasteiger partial charge on any atom is -0.399 e. The Bertz CT molecular complexity index is 699. The van der Waals surface area contributed by atoms with Crippen molar-refractivity contribution in [3.8, 4) is 0 Å². The van der Waals surface area contributed by atoms with Gasteiger partial charge < -0.3 is 5.73 Å². The molecule has 0 atom stereocenters. The van der Waals surface area contributed by atoms with Crippen molar-refractivity contribution in [2.45, 2.75) is 11.8 Å². The maximum absolute atomic E-state index is 12.7. The van der Waals surface area contributed by atoms with Gasteiger partial charge in [-0.05, 0) is 43.3 Å². The first-order chi connectivity index (χ1) is 9.46. The third-order valence-corrected chi connectivity index (χ3v) is 5.28. The number of benzene rings is 2. The SMILES string of the molecule is CCN(c1ccc(N)cc1)S(=O)(=O)c1ccccc1Cl. The van der Waals surface area contributed by atoms with E-state index in [1.807, 2.05) is 0 Å². The molecule has 0 radical (unpaired) electrons. The third-order valence-electron chi connectivity index (χ3n) is 2.87. The monoisotopic (exact) mass is 310 g/mol. The highest BCUT2D eigenvalue weighted by atomic mass is 35.5. The summed E-state index contributed by atoms with van der Waals surface area (Å²) in [7, 11) is -3.69. The molecule has 0 amide bonds. The zero-order valence-corrected chi connectivity index (χ0v) is 12.5. The second-order valence-electron chi connectivity index (χ2n) is 4.19. The lowest BCUT2D eigenvalue weighted by Gasteiger charge is -2.23. The van der Waals surface area contributed by atoms with Crippen molar-refractivity contribution in [3.63, 3.8) is 0 Å². The molecule has 6 heteroatoms. The molecule has 2 rings (SSSR count). The maximum atomic E-state index is 12.7. The van der Waals surface area contributed by atoms with Crippen LogP contribution in [0.2, 0.25) is 5.02 Å². The largest absolute Gasteiger partial charge is 0.399 e. The Morgan fingerprint density at radius 3 is 2.25 bits per heavy atom. The van der Waals surface area contributed by atoms with E-state index in [0.717, 1.165) is 0 Å². The number of anilines is 2. The van der Waals surface area contributed by atoms with E-state index in [0.29, 0.717) is 17.9 Å². The van der Waals surface area contributed by atoms with Crippen molar-refractivity contribution in [1.29, 1.82) is 0 Å². The number of halogens is 1. The molecule has 0 saturated carbocycles. The van der Waals surface area contributed by atoms with Crippen LogP contribution in [-0.4, -0.2) is 15.0 Å². The molecule has 2 aromatic carbocycles. The number of nitrogens with two attached hydrogens (primary N) is 1. The molecule has 2 N–H and O–H groups in total. The lowest BCUT2D eigenvalue weighted by atomic mass is 10.3. The predicted molar refractivity (Wildman–Crippen MR) is 82.5 cm³/mol. The van der Waals surface area contributed by atoms with Crippen LogP contribution in [0, 0.1) is 0 Å². The molecule has 0 saturated heterocycles. The van der Waals surface area contributed by atoms with E-state index in [4.69, 9.17) is 17.3 Å². The molecule has 0 heterocycles. The molecular formula is C14H15ClN2O2S. The highest BCUT2D eigenvalue weighted by Gasteiger charge is 2.25. The summed E-state index contributed by atoms with van der Waals surface area (Å²) in [5.74, 6) is 0. The maximum Gasteiger partial charge on any atom is 0.265 e. The van der Waals surface area contributed by atoms with E-state index in [1.165, 1.54) is 10.4 Å². The molecule has 20 heavy (non-hydrogen) atoms. The summed E-state index contributed by atoms with van der Waals surface area (Å²) in [6.07, 6.45) is 0. The Hall–Kier alpha value is -1.72. The number of sulfonamides is 1. The minimum atomic E-state index is -3.69. The zero-order valence-electron chi connectivity index (χ0n) is 11.0. The number of rotatable bonds is 4. The van der Waals surface area contributed by atoms with Crippen LogP contribution >= 0.6 is 11.6 Å². The van der Waals surface area contributed by atoms with E-state index in [9.17, 15) is 8.42 Å². The Morgan fingerprint density at radius 1 is 1.10 bits per heavy atom. The van der Waals surface area contributed by atoms with Crippen molar-refractivity contribution in [2.75, 3.05) is 16.6 Å². The van der Waals surface area contributed by atoms with Crippen LogP contribution in [0.15, 0.2) is 53.4 Å². The fourth-order valence-electron chi connectivity index (χ4n) is 1.90. The van der Waals surface area contributed by atoms with Crippen molar-refractivity contribution in [1.82, 2.24) is 0 Å². The first-order valence-electron chi connectivity index (χ1n) is 6.09. The van der Waals surface area contributed by atoms with Gasteiger partial charge in [0.1, 0.15) is 4.90 Å².